The van der Waals surface area contributed by atoms with Crippen LogP contribution in [-0.2, 0) is 0 Å². The first-order chi connectivity index (χ1) is 6.91. The number of hydrogen-bond donors (Lipinski definition) is 1. The lowest BCUT2D eigenvalue weighted by molar-refractivity contribution is 0.760. The Labute approximate surface area is 88.4 Å². The van der Waals surface area contributed by atoms with Crippen LogP contribution in [0.1, 0.15) is 32.1 Å². The van der Waals surface area contributed by atoms with E-state index >= 15 is 0 Å². The predicted molar refractivity (Wildman–Crippen MR) is 64.9 cm³/mol. The van der Waals surface area contributed by atoms with E-state index in [9.17, 15) is 0 Å². The SMILES string of the molecule is [CH2]CCCCC=CC=CC=CCCN. The number of nitrogens with two attached hydrogens (primary N) is 1. The van der Waals surface area contributed by atoms with Gasteiger partial charge in [0.05, 0.1) is 0 Å². The lowest BCUT2D eigenvalue weighted by Crippen LogP contribution is -1.94. The molecule has 0 aromatic carbocycles. The van der Waals surface area contributed by atoms with Crippen LogP contribution in [0.3, 0.4) is 0 Å². The van der Waals surface area contributed by atoms with Crippen LogP contribution in [-0.4, -0.2) is 6.54 Å². The van der Waals surface area contributed by atoms with Crippen molar-refractivity contribution >= 4 is 0 Å². The van der Waals surface area contributed by atoms with Crippen molar-refractivity contribution in [2.45, 2.75) is 32.1 Å². The lowest BCUT2D eigenvalue weighted by Gasteiger charge is -1.89. The van der Waals surface area contributed by atoms with Crippen LogP contribution >= 0.6 is 0 Å². The van der Waals surface area contributed by atoms with Crippen LogP contribution in [0.4, 0.5) is 0 Å². The van der Waals surface area contributed by atoms with E-state index < -0.39 is 0 Å². The molecule has 14 heavy (non-hydrogen) atoms. The summed E-state index contributed by atoms with van der Waals surface area (Å²) in [5.74, 6) is 0. The van der Waals surface area contributed by atoms with Crippen molar-refractivity contribution in [1.82, 2.24) is 0 Å². The topological polar surface area (TPSA) is 26.0 Å². The first-order valence-electron chi connectivity index (χ1n) is 5.39. The number of unbranched alkanes of at least 4 members (excludes halogenated alkanes) is 3. The van der Waals surface area contributed by atoms with E-state index in [0.717, 1.165) is 25.8 Å². The molecule has 0 aromatic heterocycles. The molecule has 0 aliphatic heterocycles. The van der Waals surface area contributed by atoms with Gasteiger partial charge in [-0.05, 0) is 25.8 Å². The molecule has 0 aliphatic carbocycles. The molecule has 1 heteroatoms. The zero-order valence-corrected chi connectivity index (χ0v) is 8.99. The quantitative estimate of drug-likeness (QED) is 0.463. The van der Waals surface area contributed by atoms with Crippen LogP contribution < -0.4 is 5.73 Å². The molecule has 0 fully saturated rings. The van der Waals surface area contributed by atoms with Crippen LogP contribution in [0.5, 0.6) is 0 Å². The minimum Gasteiger partial charge on any atom is -0.330 e. The smallest absolute Gasteiger partial charge is 0.00425 e. The molecule has 1 nitrogen and oxygen atoms in total. The molecule has 0 aliphatic rings. The zero-order chi connectivity index (χ0) is 10.5. The third kappa shape index (κ3) is 11.2. The summed E-state index contributed by atoms with van der Waals surface area (Å²) in [6.07, 6.45) is 18.1. The molecular formula is C13H22N. The Morgan fingerprint density at radius 3 is 2.07 bits per heavy atom. The van der Waals surface area contributed by atoms with E-state index in [2.05, 4.69) is 31.2 Å². The van der Waals surface area contributed by atoms with E-state index in [1.807, 2.05) is 12.2 Å². The molecule has 0 heterocycles. The summed E-state index contributed by atoms with van der Waals surface area (Å²) < 4.78 is 0. The van der Waals surface area contributed by atoms with Gasteiger partial charge in [-0.2, -0.15) is 0 Å². The molecule has 79 valence electrons. The van der Waals surface area contributed by atoms with Gasteiger partial charge in [0.15, 0.2) is 0 Å². The summed E-state index contributed by atoms with van der Waals surface area (Å²) in [4.78, 5) is 0. The molecule has 0 saturated heterocycles. The van der Waals surface area contributed by atoms with Gasteiger partial charge in [0.25, 0.3) is 0 Å². The van der Waals surface area contributed by atoms with Crippen molar-refractivity contribution in [2.75, 3.05) is 6.54 Å². The Kier molecular flexibility index (Phi) is 11.5. The summed E-state index contributed by atoms with van der Waals surface area (Å²) in [6, 6.07) is 0. The van der Waals surface area contributed by atoms with Gasteiger partial charge in [0, 0.05) is 0 Å². The molecule has 0 saturated carbocycles. The third-order valence-corrected chi connectivity index (χ3v) is 1.81. The highest BCUT2D eigenvalue weighted by Crippen LogP contribution is 1.99. The maximum atomic E-state index is 5.34. The average molecular weight is 192 g/mol. The van der Waals surface area contributed by atoms with Gasteiger partial charge in [-0.1, -0.05) is 56.2 Å². The van der Waals surface area contributed by atoms with Gasteiger partial charge in [-0.25, -0.2) is 0 Å². The minimum absolute atomic E-state index is 0.727. The largest absolute Gasteiger partial charge is 0.330 e. The fourth-order valence-electron chi connectivity index (χ4n) is 1.01. The molecule has 1 radical (unpaired) electrons. The summed E-state index contributed by atoms with van der Waals surface area (Å²) >= 11 is 0. The Hall–Kier alpha value is -0.820. The van der Waals surface area contributed by atoms with Gasteiger partial charge in [0.1, 0.15) is 0 Å². The average Bonchev–Trinajstić information content (AvgIpc) is 2.21. The van der Waals surface area contributed by atoms with Gasteiger partial charge in [-0.15, -0.1) is 0 Å². The Morgan fingerprint density at radius 1 is 0.857 bits per heavy atom. The van der Waals surface area contributed by atoms with Gasteiger partial charge in [-0.3, -0.25) is 0 Å². The zero-order valence-electron chi connectivity index (χ0n) is 8.99. The van der Waals surface area contributed by atoms with E-state index in [0.29, 0.717) is 0 Å². The fourth-order valence-corrected chi connectivity index (χ4v) is 1.01. The monoisotopic (exact) mass is 192 g/mol. The standard InChI is InChI=1S/C13H22N/c1-2-3-4-5-6-7-8-9-10-11-12-13-14/h6-11H,1-5,12-14H2. The van der Waals surface area contributed by atoms with Gasteiger partial charge in [0.2, 0.25) is 0 Å². The summed E-state index contributed by atoms with van der Waals surface area (Å²) in [5, 5.41) is 0. The molecule has 0 amide bonds. The van der Waals surface area contributed by atoms with E-state index in [1.54, 1.807) is 0 Å². The molecule has 0 atom stereocenters. The van der Waals surface area contributed by atoms with E-state index in [1.165, 1.54) is 12.8 Å². The highest BCUT2D eigenvalue weighted by Gasteiger charge is 1.79. The molecule has 0 unspecified atom stereocenters. The Morgan fingerprint density at radius 2 is 1.50 bits per heavy atom. The minimum atomic E-state index is 0.727. The first-order valence-corrected chi connectivity index (χ1v) is 5.39. The number of allylic oxidation sites excluding steroid dienone is 5. The maximum absolute atomic E-state index is 5.34. The third-order valence-electron chi connectivity index (χ3n) is 1.81. The summed E-state index contributed by atoms with van der Waals surface area (Å²) in [6.45, 7) is 4.53. The summed E-state index contributed by atoms with van der Waals surface area (Å²) in [7, 11) is 0. The normalized spacial score (nSPS) is 12.4. The maximum Gasteiger partial charge on any atom is -0.00425 e. The van der Waals surface area contributed by atoms with Gasteiger partial charge >= 0.3 is 0 Å². The highest BCUT2D eigenvalue weighted by molar-refractivity contribution is 5.10. The Balaban J connectivity index is 3.31. The van der Waals surface area contributed by atoms with Crippen LogP contribution in [0.25, 0.3) is 0 Å². The fraction of sp³-hybridized carbons (Fsp3) is 0.462. The van der Waals surface area contributed by atoms with Crippen LogP contribution in [0.15, 0.2) is 36.5 Å². The van der Waals surface area contributed by atoms with Gasteiger partial charge < -0.3 is 5.73 Å². The second-order valence-corrected chi connectivity index (χ2v) is 3.17. The van der Waals surface area contributed by atoms with E-state index in [-0.39, 0.29) is 0 Å². The lowest BCUT2D eigenvalue weighted by atomic mass is 10.2. The summed E-state index contributed by atoms with van der Waals surface area (Å²) in [5.41, 5.74) is 5.34. The second kappa shape index (κ2) is 12.2. The predicted octanol–water partition coefficient (Wildman–Crippen LogP) is 3.40. The van der Waals surface area contributed by atoms with Crippen LogP contribution in [0, 0.1) is 6.92 Å². The van der Waals surface area contributed by atoms with Crippen molar-refractivity contribution in [3.8, 4) is 0 Å². The second-order valence-electron chi connectivity index (χ2n) is 3.17. The molecule has 0 aromatic rings. The first kappa shape index (κ1) is 13.2. The van der Waals surface area contributed by atoms with Crippen molar-refractivity contribution in [1.29, 1.82) is 0 Å². The Bertz CT molecular complexity index is 178. The van der Waals surface area contributed by atoms with E-state index in [4.69, 9.17) is 5.73 Å². The molecule has 2 N–H and O–H groups in total. The van der Waals surface area contributed by atoms with Crippen molar-refractivity contribution in [3.05, 3.63) is 43.4 Å². The highest BCUT2D eigenvalue weighted by atomic mass is 14.5. The molecular weight excluding hydrogens is 170 g/mol. The van der Waals surface area contributed by atoms with Crippen molar-refractivity contribution in [2.24, 2.45) is 5.73 Å². The molecule has 0 spiro atoms. The van der Waals surface area contributed by atoms with Crippen molar-refractivity contribution < 1.29 is 0 Å². The number of rotatable bonds is 8. The molecule has 0 rings (SSSR count). The number of hydrogen-bond acceptors (Lipinski definition) is 1. The molecule has 0 bridgehead atoms. The van der Waals surface area contributed by atoms with Crippen LogP contribution in [0.2, 0.25) is 0 Å². The van der Waals surface area contributed by atoms with Crippen molar-refractivity contribution in [3.63, 3.8) is 0 Å².